The van der Waals surface area contributed by atoms with Crippen molar-refractivity contribution < 1.29 is 24.0 Å². The molecule has 1 N–H and O–H groups in total. The predicted octanol–water partition coefficient (Wildman–Crippen LogP) is 3.28. The topological polar surface area (TPSA) is 140 Å². The van der Waals surface area contributed by atoms with Gasteiger partial charge in [0.15, 0.2) is 0 Å². The molecule has 152 valence electrons. The summed E-state index contributed by atoms with van der Waals surface area (Å²) in [6.45, 7) is 3.30. The average Bonchev–Trinajstić information content (AvgIpc) is 3.41. The van der Waals surface area contributed by atoms with Crippen LogP contribution in [0.1, 0.15) is 28.7 Å². The lowest BCUT2D eigenvalue weighted by Crippen LogP contribution is -2.29. The molecule has 1 aliphatic rings. The standard InChI is InChI=1S/C19H14N4O6S/c1-9-6-13(10(2)29-9)16(24)14-15(11-4-3-5-12(7-11)23(27)28)22(18(26)17(14)25)19-21-20-8-30-19/h3-8,15,24H,1-2H3. The second-order valence-corrected chi connectivity index (χ2v) is 7.38. The van der Waals surface area contributed by atoms with Gasteiger partial charge in [0.2, 0.25) is 5.13 Å². The number of furan rings is 1. The van der Waals surface area contributed by atoms with E-state index in [0.29, 0.717) is 11.5 Å². The van der Waals surface area contributed by atoms with Crippen molar-refractivity contribution in [3.05, 3.63) is 74.2 Å². The molecule has 1 aromatic carbocycles. The highest BCUT2D eigenvalue weighted by Gasteiger charge is 2.48. The third-order valence-corrected chi connectivity index (χ3v) is 5.38. The van der Waals surface area contributed by atoms with Gasteiger partial charge in [-0.25, -0.2) is 0 Å². The number of hydrogen-bond acceptors (Lipinski definition) is 9. The molecule has 1 saturated heterocycles. The number of anilines is 1. The molecule has 1 aliphatic heterocycles. The number of carbonyl (C=O) groups is 2. The Morgan fingerprint density at radius 1 is 1.30 bits per heavy atom. The van der Waals surface area contributed by atoms with Gasteiger partial charge in [-0.15, -0.1) is 10.2 Å². The molecule has 0 aliphatic carbocycles. The zero-order valence-electron chi connectivity index (χ0n) is 15.7. The Hall–Kier alpha value is -3.86. The summed E-state index contributed by atoms with van der Waals surface area (Å²) in [5.74, 6) is -1.39. The van der Waals surface area contributed by atoms with Crippen LogP contribution in [0.2, 0.25) is 0 Å². The smallest absolute Gasteiger partial charge is 0.301 e. The molecule has 1 fully saturated rings. The number of nitro groups is 1. The van der Waals surface area contributed by atoms with Crippen LogP contribution < -0.4 is 4.90 Å². The zero-order chi connectivity index (χ0) is 21.6. The Kier molecular flexibility index (Phi) is 4.66. The number of nitro benzene ring substituents is 1. The fourth-order valence-electron chi connectivity index (χ4n) is 3.44. The highest BCUT2D eigenvalue weighted by Crippen LogP contribution is 2.43. The molecule has 3 aromatic rings. The van der Waals surface area contributed by atoms with E-state index in [-0.39, 0.29) is 27.5 Å². The van der Waals surface area contributed by atoms with Gasteiger partial charge in [-0.2, -0.15) is 0 Å². The summed E-state index contributed by atoms with van der Waals surface area (Å²) < 4.78 is 5.43. The van der Waals surface area contributed by atoms with Crippen LogP contribution in [-0.2, 0) is 9.59 Å². The van der Waals surface area contributed by atoms with Gasteiger partial charge >= 0.3 is 5.91 Å². The lowest BCUT2D eigenvalue weighted by atomic mass is 9.95. The summed E-state index contributed by atoms with van der Waals surface area (Å²) in [6, 6.07) is 5.97. The normalized spacial score (nSPS) is 18.2. The van der Waals surface area contributed by atoms with Crippen LogP contribution in [0, 0.1) is 24.0 Å². The summed E-state index contributed by atoms with van der Waals surface area (Å²) in [6.07, 6.45) is 0. The number of hydrogen-bond donors (Lipinski definition) is 1. The minimum Gasteiger partial charge on any atom is -0.507 e. The lowest BCUT2D eigenvalue weighted by Gasteiger charge is -2.22. The second kappa shape index (κ2) is 7.19. The fraction of sp³-hybridized carbons (Fsp3) is 0.158. The number of non-ortho nitro benzene ring substituents is 1. The molecule has 2 aromatic heterocycles. The van der Waals surface area contributed by atoms with Crippen LogP contribution in [0.5, 0.6) is 0 Å². The number of carbonyl (C=O) groups excluding carboxylic acids is 2. The lowest BCUT2D eigenvalue weighted by molar-refractivity contribution is -0.384. The number of aromatic nitrogens is 2. The van der Waals surface area contributed by atoms with E-state index in [9.17, 15) is 24.8 Å². The van der Waals surface area contributed by atoms with E-state index < -0.39 is 28.4 Å². The summed E-state index contributed by atoms with van der Waals surface area (Å²) >= 11 is 1.03. The van der Waals surface area contributed by atoms with Crippen LogP contribution in [0.3, 0.4) is 0 Å². The summed E-state index contributed by atoms with van der Waals surface area (Å²) in [4.78, 5) is 37.6. The molecule has 0 radical (unpaired) electrons. The van der Waals surface area contributed by atoms with E-state index >= 15 is 0 Å². The van der Waals surface area contributed by atoms with Crippen molar-refractivity contribution in [3.63, 3.8) is 0 Å². The van der Waals surface area contributed by atoms with Crippen molar-refractivity contribution in [2.45, 2.75) is 19.9 Å². The van der Waals surface area contributed by atoms with Gasteiger partial charge in [0, 0.05) is 12.1 Å². The second-order valence-electron chi connectivity index (χ2n) is 6.57. The summed E-state index contributed by atoms with van der Waals surface area (Å²) in [5, 5.41) is 29.9. The number of aliphatic hydroxyl groups is 1. The number of ketones is 1. The molecule has 1 unspecified atom stereocenters. The number of benzene rings is 1. The monoisotopic (exact) mass is 426 g/mol. The van der Waals surface area contributed by atoms with Crippen molar-refractivity contribution in [2.24, 2.45) is 0 Å². The molecule has 10 nitrogen and oxygen atoms in total. The molecule has 3 heterocycles. The minimum absolute atomic E-state index is 0.132. The van der Waals surface area contributed by atoms with Gasteiger partial charge in [0.05, 0.1) is 22.1 Å². The Balaban J connectivity index is 1.98. The number of Topliss-reactive ketones (excluding diaryl/α,β-unsaturated/α-hetero) is 1. The first-order valence-corrected chi connectivity index (χ1v) is 9.56. The molecule has 11 heteroatoms. The number of rotatable bonds is 4. The SMILES string of the molecule is Cc1cc(C(O)=C2C(=O)C(=O)N(c3nncs3)C2c2cccc([N+](=O)[O-])c2)c(C)o1. The van der Waals surface area contributed by atoms with Crippen molar-refractivity contribution in [3.8, 4) is 0 Å². The predicted molar refractivity (Wildman–Crippen MR) is 106 cm³/mol. The number of aliphatic hydroxyl groups excluding tert-OH is 1. The highest BCUT2D eigenvalue weighted by atomic mass is 32.1. The van der Waals surface area contributed by atoms with Gasteiger partial charge in [-0.05, 0) is 25.5 Å². The summed E-state index contributed by atoms with van der Waals surface area (Å²) in [5.41, 5.74) is 1.50. The maximum absolute atomic E-state index is 12.9. The van der Waals surface area contributed by atoms with E-state index in [1.165, 1.54) is 23.7 Å². The molecule has 0 spiro atoms. The number of amides is 1. The molecule has 30 heavy (non-hydrogen) atoms. The highest BCUT2D eigenvalue weighted by molar-refractivity contribution is 7.13. The Morgan fingerprint density at radius 3 is 2.67 bits per heavy atom. The van der Waals surface area contributed by atoms with Crippen molar-refractivity contribution in [1.29, 1.82) is 0 Å². The van der Waals surface area contributed by atoms with Crippen LogP contribution in [0.15, 0.2) is 45.8 Å². The van der Waals surface area contributed by atoms with Gasteiger partial charge < -0.3 is 9.52 Å². The first-order chi connectivity index (χ1) is 14.3. The van der Waals surface area contributed by atoms with Gasteiger partial charge in [0.1, 0.15) is 22.8 Å². The largest absolute Gasteiger partial charge is 0.507 e. The summed E-state index contributed by atoms with van der Waals surface area (Å²) in [7, 11) is 0. The number of aryl methyl sites for hydroxylation is 2. The first-order valence-electron chi connectivity index (χ1n) is 8.68. The van der Waals surface area contributed by atoms with Crippen LogP contribution >= 0.6 is 11.3 Å². The number of nitrogens with zero attached hydrogens (tertiary/aromatic N) is 4. The van der Waals surface area contributed by atoms with Crippen molar-refractivity contribution >= 4 is 39.6 Å². The third kappa shape index (κ3) is 3.05. The molecule has 0 saturated carbocycles. The van der Waals surface area contributed by atoms with Crippen LogP contribution in [0.4, 0.5) is 10.8 Å². The first kappa shape index (κ1) is 19.5. The Bertz CT molecular complexity index is 1210. The van der Waals surface area contributed by atoms with Crippen LogP contribution in [0.25, 0.3) is 5.76 Å². The minimum atomic E-state index is -1.12. The van der Waals surface area contributed by atoms with Crippen molar-refractivity contribution in [1.82, 2.24) is 10.2 Å². The molecule has 4 rings (SSSR count). The Morgan fingerprint density at radius 2 is 2.07 bits per heavy atom. The maximum atomic E-state index is 12.9. The van der Waals surface area contributed by atoms with E-state index in [4.69, 9.17) is 4.42 Å². The molecular formula is C19H14N4O6S. The maximum Gasteiger partial charge on any atom is 0.301 e. The quantitative estimate of drug-likeness (QED) is 0.220. The zero-order valence-corrected chi connectivity index (χ0v) is 16.5. The van der Waals surface area contributed by atoms with E-state index in [2.05, 4.69) is 10.2 Å². The fourth-order valence-corrected chi connectivity index (χ4v) is 4.02. The molecule has 0 bridgehead atoms. The van der Waals surface area contributed by atoms with E-state index in [1.807, 2.05) is 0 Å². The Labute approximate surface area is 173 Å². The van der Waals surface area contributed by atoms with Gasteiger partial charge in [-0.3, -0.25) is 24.6 Å². The van der Waals surface area contributed by atoms with E-state index in [0.717, 1.165) is 16.2 Å². The third-order valence-electron chi connectivity index (χ3n) is 4.69. The molecule has 1 amide bonds. The average molecular weight is 426 g/mol. The van der Waals surface area contributed by atoms with Gasteiger partial charge in [0.25, 0.3) is 11.5 Å². The molecular weight excluding hydrogens is 412 g/mol. The van der Waals surface area contributed by atoms with Gasteiger partial charge in [-0.1, -0.05) is 23.5 Å². The van der Waals surface area contributed by atoms with Crippen molar-refractivity contribution in [2.75, 3.05) is 4.90 Å². The van der Waals surface area contributed by atoms with E-state index in [1.54, 1.807) is 26.0 Å². The molecule has 1 atom stereocenters. The van der Waals surface area contributed by atoms with Crippen LogP contribution in [-0.4, -0.2) is 31.9 Å².